The van der Waals surface area contributed by atoms with Crippen LogP contribution < -0.4 is 5.32 Å². The lowest BCUT2D eigenvalue weighted by Crippen LogP contribution is -2.28. The molecule has 0 aromatic carbocycles. The van der Waals surface area contributed by atoms with Crippen LogP contribution in [-0.2, 0) is 0 Å². The summed E-state index contributed by atoms with van der Waals surface area (Å²) >= 11 is 1.96. The van der Waals surface area contributed by atoms with E-state index < -0.39 is 0 Å². The molecule has 0 saturated carbocycles. The normalized spacial score (nSPS) is 13.2. The molecule has 0 aromatic heterocycles. The van der Waals surface area contributed by atoms with E-state index in [0.717, 1.165) is 6.04 Å². The van der Waals surface area contributed by atoms with Crippen molar-refractivity contribution in [2.24, 2.45) is 0 Å². The van der Waals surface area contributed by atoms with Gasteiger partial charge in [0, 0.05) is 6.04 Å². The van der Waals surface area contributed by atoms with Crippen molar-refractivity contribution < 1.29 is 0 Å². The minimum Gasteiger partial charge on any atom is -0.314 e. The first-order valence-corrected chi connectivity index (χ1v) is 6.96. The first kappa shape index (κ1) is 13.3. The van der Waals surface area contributed by atoms with E-state index in [1.165, 1.54) is 44.4 Å². The van der Waals surface area contributed by atoms with E-state index in [2.05, 4.69) is 25.4 Å². The summed E-state index contributed by atoms with van der Waals surface area (Å²) in [6.45, 7) is 5.69. The third-order valence-corrected chi connectivity index (χ3v) is 3.02. The quantitative estimate of drug-likeness (QED) is 0.577. The largest absolute Gasteiger partial charge is 0.314 e. The minimum absolute atomic E-state index is 0.766. The van der Waals surface area contributed by atoms with Crippen LogP contribution in [0.15, 0.2) is 0 Å². The average molecular weight is 203 g/mol. The molecule has 1 atom stereocenters. The van der Waals surface area contributed by atoms with Gasteiger partial charge in [-0.05, 0) is 44.2 Å². The van der Waals surface area contributed by atoms with Crippen molar-refractivity contribution in [2.75, 3.05) is 18.6 Å². The third-order valence-electron chi connectivity index (χ3n) is 2.33. The van der Waals surface area contributed by atoms with Gasteiger partial charge in [-0.15, -0.1) is 0 Å². The van der Waals surface area contributed by atoms with Crippen molar-refractivity contribution in [1.29, 1.82) is 0 Å². The van der Waals surface area contributed by atoms with Gasteiger partial charge in [0.15, 0.2) is 0 Å². The molecule has 0 radical (unpaired) electrons. The number of hydrogen-bond donors (Lipinski definition) is 1. The van der Waals surface area contributed by atoms with Crippen molar-refractivity contribution in [3.63, 3.8) is 0 Å². The Kier molecular flexibility index (Phi) is 10.6. The summed E-state index contributed by atoms with van der Waals surface area (Å²) < 4.78 is 0. The number of unbranched alkanes of at least 4 members (excludes halogenated alkanes) is 1. The molecule has 0 saturated heterocycles. The number of rotatable bonds is 9. The van der Waals surface area contributed by atoms with E-state index >= 15 is 0 Å². The van der Waals surface area contributed by atoms with Gasteiger partial charge in [-0.25, -0.2) is 0 Å². The lowest BCUT2D eigenvalue weighted by Gasteiger charge is -2.15. The SMILES string of the molecule is CCCNC(CC)CCCCSC. The molecule has 0 heterocycles. The summed E-state index contributed by atoms with van der Waals surface area (Å²) in [5, 5.41) is 3.59. The Bertz CT molecular complexity index is 96.1. The highest BCUT2D eigenvalue weighted by Crippen LogP contribution is 2.07. The van der Waals surface area contributed by atoms with Crippen molar-refractivity contribution >= 4 is 11.8 Å². The van der Waals surface area contributed by atoms with Gasteiger partial charge < -0.3 is 5.32 Å². The fourth-order valence-corrected chi connectivity index (χ4v) is 1.93. The molecule has 0 aliphatic rings. The summed E-state index contributed by atoms with van der Waals surface area (Å²) in [7, 11) is 0. The zero-order chi connectivity index (χ0) is 9.94. The fraction of sp³-hybridized carbons (Fsp3) is 1.00. The van der Waals surface area contributed by atoms with Gasteiger partial charge in [0.25, 0.3) is 0 Å². The Balaban J connectivity index is 3.25. The molecule has 13 heavy (non-hydrogen) atoms. The third kappa shape index (κ3) is 8.63. The summed E-state index contributed by atoms with van der Waals surface area (Å²) in [5.74, 6) is 1.32. The Morgan fingerprint density at radius 3 is 2.54 bits per heavy atom. The predicted molar refractivity (Wildman–Crippen MR) is 64.6 cm³/mol. The van der Waals surface area contributed by atoms with Crippen LogP contribution in [-0.4, -0.2) is 24.6 Å². The van der Waals surface area contributed by atoms with Gasteiger partial charge in [0.2, 0.25) is 0 Å². The van der Waals surface area contributed by atoms with Crippen LogP contribution >= 0.6 is 11.8 Å². The van der Waals surface area contributed by atoms with Gasteiger partial charge in [-0.2, -0.15) is 11.8 Å². The zero-order valence-corrected chi connectivity index (χ0v) is 10.3. The first-order chi connectivity index (χ1) is 6.35. The molecular weight excluding hydrogens is 178 g/mol. The van der Waals surface area contributed by atoms with Gasteiger partial charge in [-0.1, -0.05) is 20.3 Å². The van der Waals surface area contributed by atoms with Crippen LogP contribution in [0, 0.1) is 0 Å². The number of hydrogen-bond acceptors (Lipinski definition) is 2. The molecule has 0 bridgehead atoms. The second-order valence-electron chi connectivity index (χ2n) is 3.55. The molecule has 0 aliphatic carbocycles. The molecule has 1 nitrogen and oxygen atoms in total. The van der Waals surface area contributed by atoms with E-state index in [9.17, 15) is 0 Å². The maximum atomic E-state index is 3.59. The molecule has 0 aliphatic heterocycles. The lowest BCUT2D eigenvalue weighted by atomic mass is 10.1. The van der Waals surface area contributed by atoms with Crippen LogP contribution in [0.1, 0.15) is 46.0 Å². The Morgan fingerprint density at radius 2 is 2.00 bits per heavy atom. The fourth-order valence-electron chi connectivity index (χ4n) is 1.44. The van der Waals surface area contributed by atoms with E-state index in [1.807, 2.05) is 11.8 Å². The van der Waals surface area contributed by atoms with E-state index in [-0.39, 0.29) is 0 Å². The molecule has 0 spiro atoms. The van der Waals surface area contributed by atoms with Crippen molar-refractivity contribution in [3.8, 4) is 0 Å². The number of thioether (sulfide) groups is 1. The molecular formula is C11H25NS. The topological polar surface area (TPSA) is 12.0 Å². The van der Waals surface area contributed by atoms with E-state index in [0.29, 0.717) is 0 Å². The summed E-state index contributed by atoms with van der Waals surface area (Å²) in [6.07, 6.45) is 8.84. The average Bonchev–Trinajstić information content (AvgIpc) is 2.17. The van der Waals surface area contributed by atoms with Gasteiger partial charge in [-0.3, -0.25) is 0 Å². The van der Waals surface area contributed by atoms with E-state index in [1.54, 1.807) is 0 Å². The second kappa shape index (κ2) is 10.4. The highest BCUT2D eigenvalue weighted by molar-refractivity contribution is 7.98. The Hall–Kier alpha value is 0.310. The maximum Gasteiger partial charge on any atom is 0.00644 e. The highest BCUT2D eigenvalue weighted by Gasteiger charge is 2.03. The molecule has 2 heteroatoms. The van der Waals surface area contributed by atoms with Crippen LogP contribution in [0.3, 0.4) is 0 Å². The summed E-state index contributed by atoms with van der Waals surface area (Å²) in [4.78, 5) is 0. The standard InChI is InChI=1S/C11H25NS/c1-4-9-12-11(5-2)8-6-7-10-13-3/h11-12H,4-10H2,1-3H3. The smallest absolute Gasteiger partial charge is 0.00644 e. The summed E-state index contributed by atoms with van der Waals surface area (Å²) in [6, 6.07) is 0.766. The monoisotopic (exact) mass is 203 g/mol. The van der Waals surface area contributed by atoms with Gasteiger partial charge in [0.05, 0.1) is 0 Å². The predicted octanol–water partition coefficient (Wildman–Crippen LogP) is 3.30. The minimum atomic E-state index is 0.766. The number of nitrogens with one attached hydrogen (secondary N) is 1. The first-order valence-electron chi connectivity index (χ1n) is 5.57. The lowest BCUT2D eigenvalue weighted by molar-refractivity contribution is 0.454. The molecule has 1 N–H and O–H groups in total. The van der Waals surface area contributed by atoms with Gasteiger partial charge in [0.1, 0.15) is 0 Å². The molecule has 0 rings (SSSR count). The van der Waals surface area contributed by atoms with Crippen LogP contribution in [0.4, 0.5) is 0 Å². The molecule has 80 valence electrons. The van der Waals surface area contributed by atoms with Crippen molar-refractivity contribution in [2.45, 2.75) is 52.0 Å². The molecule has 0 amide bonds. The Labute approximate surface area is 88.1 Å². The summed E-state index contributed by atoms with van der Waals surface area (Å²) in [5.41, 5.74) is 0. The molecule has 0 fully saturated rings. The molecule has 0 aromatic rings. The zero-order valence-electron chi connectivity index (χ0n) is 9.44. The van der Waals surface area contributed by atoms with Crippen molar-refractivity contribution in [3.05, 3.63) is 0 Å². The highest BCUT2D eigenvalue weighted by atomic mass is 32.2. The van der Waals surface area contributed by atoms with Crippen LogP contribution in [0.25, 0.3) is 0 Å². The molecule has 1 unspecified atom stereocenters. The maximum absolute atomic E-state index is 3.59. The van der Waals surface area contributed by atoms with Crippen LogP contribution in [0.2, 0.25) is 0 Å². The van der Waals surface area contributed by atoms with E-state index in [4.69, 9.17) is 0 Å². The van der Waals surface area contributed by atoms with Crippen LogP contribution in [0.5, 0.6) is 0 Å². The van der Waals surface area contributed by atoms with Gasteiger partial charge >= 0.3 is 0 Å². The van der Waals surface area contributed by atoms with Crippen molar-refractivity contribution in [1.82, 2.24) is 5.32 Å². The second-order valence-corrected chi connectivity index (χ2v) is 4.53. The Morgan fingerprint density at radius 1 is 1.23 bits per heavy atom.